The van der Waals surface area contributed by atoms with Gasteiger partial charge in [-0.25, -0.2) is 0 Å². The second kappa shape index (κ2) is 3.35. The highest BCUT2D eigenvalue weighted by Gasteiger charge is 2.07. The Bertz CT molecular complexity index is 390. The van der Waals surface area contributed by atoms with Gasteiger partial charge in [0.05, 0.1) is 18.0 Å². The number of nitrogens with zero attached hydrogens (tertiary/aromatic N) is 2. The Labute approximate surface area is 78.0 Å². The van der Waals surface area contributed by atoms with Gasteiger partial charge in [0.25, 0.3) is 0 Å². The number of aromatic nitrogens is 1. The van der Waals surface area contributed by atoms with E-state index >= 15 is 0 Å². The molecule has 0 aliphatic carbocycles. The Morgan fingerprint density at radius 1 is 1.62 bits per heavy atom. The van der Waals surface area contributed by atoms with Crippen molar-refractivity contribution in [2.75, 3.05) is 0 Å². The van der Waals surface area contributed by atoms with Crippen molar-refractivity contribution in [3.05, 3.63) is 29.1 Å². The zero-order valence-corrected chi connectivity index (χ0v) is 7.58. The van der Waals surface area contributed by atoms with Gasteiger partial charge in [-0.05, 0) is 22.7 Å². The third-order valence-electron chi connectivity index (χ3n) is 1.84. The van der Waals surface area contributed by atoms with Crippen molar-refractivity contribution in [2.45, 2.75) is 12.3 Å². The van der Waals surface area contributed by atoms with Crippen LogP contribution in [0.5, 0.6) is 0 Å². The third kappa shape index (κ3) is 1.81. The Morgan fingerprint density at radius 2 is 2.46 bits per heavy atom. The fourth-order valence-corrected chi connectivity index (χ4v) is 1.65. The molecule has 1 unspecified atom stereocenters. The second-order valence-corrected chi connectivity index (χ2v) is 3.69. The van der Waals surface area contributed by atoms with E-state index in [1.807, 2.05) is 0 Å². The molecule has 5 heteroatoms. The molecule has 1 aliphatic rings. The van der Waals surface area contributed by atoms with Crippen LogP contribution >= 0.6 is 0 Å². The lowest BCUT2D eigenvalue weighted by Crippen LogP contribution is -1.98. The summed E-state index contributed by atoms with van der Waals surface area (Å²) < 4.78 is 20.8. The molecule has 0 amide bonds. The maximum Gasteiger partial charge on any atom is 0.0647 e. The van der Waals surface area contributed by atoms with Crippen LogP contribution in [0.25, 0.3) is 0 Å². The predicted octanol–water partition coefficient (Wildman–Crippen LogP) is 0.393. The fourth-order valence-electron chi connectivity index (χ4n) is 1.25. The lowest BCUT2D eigenvalue weighted by atomic mass is 10.1. The largest absolute Gasteiger partial charge is 0.772 e. The molecule has 1 aromatic heterocycles. The van der Waals surface area contributed by atoms with Gasteiger partial charge in [0, 0.05) is 18.0 Å². The molecule has 0 bridgehead atoms. The van der Waals surface area contributed by atoms with Crippen LogP contribution in [0.3, 0.4) is 0 Å². The predicted molar refractivity (Wildman–Crippen MR) is 48.2 cm³/mol. The van der Waals surface area contributed by atoms with Crippen molar-refractivity contribution < 1.29 is 8.76 Å². The standard InChI is InChI=1S/C8H8N2O2S/c11-13(12)5-8-1-6-2-9-3-7(6)4-10-8/h1,3-4H,2,5H2,(H,11,12)/p-1. The average Bonchev–Trinajstić information content (AvgIpc) is 2.49. The van der Waals surface area contributed by atoms with Crippen LogP contribution in [0.1, 0.15) is 16.8 Å². The van der Waals surface area contributed by atoms with E-state index in [4.69, 9.17) is 0 Å². The van der Waals surface area contributed by atoms with Gasteiger partial charge in [0.1, 0.15) is 0 Å². The summed E-state index contributed by atoms with van der Waals surface area (Å²) >= 11 is -2.07. The number of rotatable bonds is 2. The minimum atomic E-state index is -2.07. The average molecular weight is 195 g/mol. The molecule has 0 N–H and O–H groups in total. The minimum Gasteiger partial charge on any atom is -0.772 e. The van der Waals surface area contributed by atoms with Gasteiger partial charge < -0.3 is 4.55 Å². The number of fused-ring (bicyclic) bond motifs is 1. The molecule has 68 valence electrons. The van der Waals surface area contributed by atoms with Gasteiger partial charge in [-0.1, -0.05) is 0 Å². The molecule has 1 aromatic rings. The van der Waals surface area contributed by atoms with Crippen molar-refractivity contribution in [2.24, 2.45) is 4.99 Å². The molecule has 2 rings (SSSR count). The van der Waals surface area contributed by atoms with Crippen LogP contribution in [-0.2, 0) is 23.4 Å². The van der Waals surface area contributed by atoms with E-state index in [1.54, 1.807) is 18.5 Å². The highest BCUT2D eigenvalue weighted by Crippen LogP contribution is 2.14. The topological polar surface area (TPSA) is 65.4 Å². The van der Waals surface area contributed by atoms with Gasteiger partial charge in [0.15, 0.2) is 0 Å². The number of hydrogen-bond acceptors (Lipinski definition) is 4. The SMILES string of the molecule is O=S([O-])Cc1cc2c(cn1)C=NC2. The first-order chi connectivity index (χ1) is 6.25. The van der Waals surface area contributed by atoms with E-state index in [9.17, 15) is 8.76 Å². The van der Waals surface area contributed by atoms with Gasteiger partial charge in [-0.3, -0.25) is 14.2 Å². The maximum absolute atomic E-state index is 10.4. The number of pyridine rings is 1. The highest BCUT2D eigenvalue weighted by molar-refractivity contribution is 7.78. The van der Waals surface area contributed by atoms with Gasteiger partial charge >= 0.3 is 0 Å². The first-order valence-corrected chi connectivity index (χ1v) is 5.03. The van der Waals surface area contributed by atoms with Crippen LogP contribution in [-0.4, -0.2) is 20.0 Å². The zero-order chi connectivity index (χ0) is 9.26. The Hall–Kier alpha value is -1.07. The van der Waals surface area contributed by atoms with Crippen molar-refractivity contribution in [3.63, 3.8) is 0 Å². The molecule has 0 saturated heterocycles. The normalized spacial score (nSPS) is 15.8. The Kier molecular flexibility index (Phi) is 2.20. The second-order valence-electron chi connectivity index (χ2n) is 2.79. The van der Waals surface area contributed by atoms with Crippen molar-refractivity contribution in [1.29, 1.82) is 0 Å². The van der Waals surface area contributed by atoms with E-state index in [0.717, 1.165) is 11.1 Å². The molecular weight excluding hydrogens is 188 g/mol. The van der Waals surface area contributed by atoms with E-state index < -0.39 is 11.1 Å². The van der Waals surface area contributed by atoms with Crippen molar-refractivity contribution in [1.82, 2.24) is 4.98 Å². The smallest absolute Gasteiger partial charge is 0.0647 e. The summed E-state index contributed by atoms with van der Waals surface area (Å²) in [5.41, 5.74) is 2.62. The van der Waals surface area contributed by atoms with E-state index in [1.165, 1.54) is 0 Å². The lowest BCUT2D eigenvalue weighted by molar-refractivity contribution is 0.535. The first kappa shape index (κ1) is 8.52. The molecule has 0 spiro atoms. The maximum atomic E-state index is 10.4. The molecular formula is C8H7N2O2S-. The van der Waals surface area contributed by atoms with Crippen LogP contribution in [0, 0.1) is 0 Å². The molecule has 4 nitrogen and oxygen atoms in total. The summed E-state index contributed by atoms with van der Waals surface area (Å²) in [4.78, 5) is 8.06. The lowest BCUT2D eigenvalue weighted by Gasteiger charge is -2.05. The monoisotopic (exact) mass is 195 g/mol. The van der Waals surface area contributed by atoms with Crippen LogP contribution in [0.15, 0.2) is 17.3 Å². The molecule has 0 radical (unpaired) electrons. The van der Waals surface area contributed by atoms with Gasteiger partial charge in [-0.2, -0.15) is 0 Å². The molecule has 1 aliphatic heterocycles. The summed E-state index contributed by atoms with van der Waals surface area (Å²) in [7, 11) is 0. The first-order valence-electron chi connectivity index (χ1n) is 3.79. The van der Waals surface area contributed by atoms with E-state index in [0.29, 0.717) is 12.2 Å². The molecule has 0 aromatic carbocycles. The van der Waals surface area contributed by atoms with Crippen LogP contribution < -0.4 is 0 Å². The molecule has 0 fully saturated rings. The van der Waals surface area contributed by atoms with Gasteiger partial charge in [0.2, 0.25) is 0 Å². The molecule has 2 heterocycles. The molecule has 1 atom stereocenters. The molecule has 13 heavy (non-hydrogen) atoms. The van der Waals surface area contributed by atoms with E-state index in [-0.39, 0.29) is 5.75 Å². The summed E-state index contributed by atoms with van der Waals surface area (Å²) in [5, 5.41) is 0. The minimum absolute atomic E-state index is 0.0206. The van der Waals surface area contributed by atoms with Crippen molar-refractivity contribution in [3.8, 4) is 0 Å². The zero-order valence-electron chi connectivity index (χ0n) is 6.77. The van der Waals surface area contributed by atoms with Crippen molar-refractivity contribution >= 4 is 17.3 Å². The summed E-state index contributed by atoms with van der Waals surface area (Å²) in [6.07, 6.45) is 3.41. The Balaban J connectivity index is 2.28. The fraction of sp³-hybridized carbons (Fsp3) is 0.250. The number of hydrogen-bond donors (Lipinski definition) is 0. The highest BCUT2D eigenvalue weighted by atomic mass is 32.2. The van der Waals surface area contributed by atoms with Crippen LogP contribution in [0.2, 0.25) is 0 Å². The molecule has 0 saturated carbocycles. The number of aliphatic imine (C=N–C) groups is 1. The van der Waals surface area contributed by atoms with Gasteiger partial charge in [-0.15, -0.1) is 0 Å². The summed E-state index contributed by atoms with van der Waals surface area (Å²) in [6.45, 7) is 0.635. The summed E-state index contributed by atoms with van der Waals surface area (Å²) in [6, 6.07) is 1.79. The van der Waals surface area contributed by atoms with E-state index in [2.05, 4.69) is 9.98 Å². The third-order valence-corrected chi connectivity index (χ3v) is 2.37. The Morgan fingerprint density at radius 3 is 3.23 bits per heavy atom. The summed E-state index contributed by atoms with van der Waals surface area (Å²) in [5.74, 6) is -0.0206. The van der Waals surface area contributed by atoms with Crippen LogP contribution in [0.4, 0.5) is 0 Å². The quantitative estimate of drug-likeness (QED) is 0.641.